The highest BCUT2D eigenvalue weighted by Gasteiger charge is 2.24. The van der Waals surface area contributed by atoms with Crippen molar-refractivity contribution in [3.05, 3.63) is 35.2 Å². The summed E-state index contributed by atoms with van der Waals surface area (Å²) < 4.78 is 5.32. The molecule has 0 saturated carbocycles. The number of benzene rings is 1. The van der Waals surface area contributed by atoms with E-state index in [1.54, 1.807) is 4.90 Å². The number of hydrogen-bond donors (Lipinski definition) is 2. The van der Waals surface area contributed by atoms with Crippen molar-refractivity contribution in [3.63, 3.8) is 0 Å². The van der Waals surface area contributed by atoms with Gasteiger partial charge < -0.3 is 15.2 Å². The maximum absolute atomic E-state index is 11.9. The molecule has 0 saturated heterocycles. The van der Waals surface area contributed by atoms with Crippen molar-refractivity contribution in [2.75, 3.05) is 18.0 Å². The maximum atomic E-state index is 11.9. The highest BCUT2D eigenvalue weighted by molar-refractivity contribution is 5.95. The van der Waals surface area contributed by atoms with Crippen LogP contribution in [-0.2, 0) is 17.8 Å². The Kier molecular flexibility index (Phi) is 4.74. The van der Waals surface area contributed by atoms with Crippen molar-refractivity contribution in [1.29, 1.82) is 0 Å². The Balaban J connectivity index is 1.97. The molecule has 0 aliphatic carbocycles. The van der Waals surface area contributed by atoms with Crippen LogP contribution in [0.25, 0.3) is 11.1 Å². The quantitative estimate of drug-likeness (QED) is 0.873. The van der Waals surface area contributed by atoms with E-state index >= 15 is 0 Å². The van der Waals surface area contributed by atoms with Crippen LogP contribution < -0.4 is 15.5 Å². The molecule has 7 nitrogen and oxygen atoms in total. The van der Waals surface area contributed by atoms with Gasteiger partial charge in [0.1, 0.15) is 11.5 Å². The predicted molar refractivity (Wildman–Crippen MR) is 94.3 cm³/mol. The molecule has 2 N–H and O–H groups in total. The van der Waals surface area contributed by atoms with E-state index in [0.29, 0.717) is 31.1 Å². The number of carbonyl (C=O) groups excluding carboxylic acids is 2. The van der Waals surface area contributed by atoms with Crippen molar-refractivity contribution in [2.45, 2.75) is 33.7 Å². The minimum absolute atomic E-state index is 0.0826. The van der Waals surface area contributed by atoms with Gasteiger partial charge in [-0.2, -0.15) is 0 Å². The molecule has 2 aromatic rings. The lowest BCUT2D eigenvalue weighted by Gasteiger charge is -2.29. The third kappa shape index (κ3) is 3.22. The first-order chi connectivity index (χ1) is 12.0. The number of aryl methyl sites for hydroxylation is 1. The van der Waals surface area contributed by atoms with Crippen LogP contribution >= 0.6 is 0 Å². The van der Waals surface area contributed by atoms with Gasteiger partial charge in [-0.25, -0.2) is 4.79 Å². The van der Waals surface area contributed by atoms with Gasteiger partial charge in [-0.05, 0) is 44.0 Å². The molecule has 0 atom stereocenters. The fourth-order valence-corrected chi connectivity index (χ4v) is 3.16. The Morgan fingerprint density at radius 1 is 1.40 bits per heavy atom. The van der Waals surface area contributed by atoms with Crippen LogP contribution in [0.3, 0.4) is 0 Å². The van der Waals surface area contributed by atoms with Gasteiger partial charge in [-0.1, -0.05) is 11.2 Å². The lowest BCUT2D eigenvalue weighted by Crippen LogP contribution is -2.43. The predicted octanol–water partition coefficient (Wildman–Crippen LogP) is 2.38. The minimum atomic E-state index is -0.0839. The second-order valence-electron chi connectivity index (χ2n) is 5.94. The highest BCUT2D eigenvalue weighted by Crippen LogP contribution is 2.33. The lowest BCUT2D eigenvalue weighted by molar-refractivity contribution is -0.120. The summed E-state index contributed by atoms with van der Waals surface area (Å²) in [5, 5.41) is 9.70. The molecule has 1 aromatic heterocycles. The lowest BCUT2D eigenvalue weighted by atomic mass is 9.98. The van der Waals surface area contributed by atoms with Crippen LogP contribution in [0.1, 0.15) is 30.9 Å². The first-order valence-electron chi connectivity index (χ1n) is 8.45. The second kappa shape index (κ2) is 6.96. The zero-order valence-corrected chi connectivity index (χ0v) is 14.7. The van der Waals surface area contributed by atoms with E-state index in [4.69, 9.17) is 4.52 Å². The minimum Gasteiger partial charge on any atom is -0.361 e. The van der Waals surface area contributed by atoms with Crippen molar-refractivity contribution in [1.82, 2.24) is 15.8 Å². The smallest absolute Gasteiger partial charge is 0.322 e. The van der Waals surface area contributed by atoms with Gasteiger partial charge in [0.25, 0.3) is 0 Å². The first-order valence-corrected chi connectivity index (χ1v) is 8.45. The Bertz CT molecular complexity index is 813. The summed E-state index contributed by atoms with van der Waals surface area (Å²) in [6.07, 6.45) is 0.176. The topological polar surface area (TPSA) is 87.5 Å². The van der Waals surface area contributed by atoms with Crippen LogP contribution in [-0.4, -0.2) is 30.2 Å². The van der Waals surface area contributed by atoms with E-state index in [9.17, 15) is 9.59 Å². The summed E-state index contributed by atoms with van der Waals surface area (Å²) in [7, 11) is 0. The largest absolute Gasteiger partial charge is 0.361 e. The van der Waals surface area contributed by atoms with Gasteiger partial charge >= 0.3 is 6.03 Å². The number of urea groups is 1. The monoisotopic (exact) mass is 342 g/mol. The molecule has 3 amide bonds. The average Bonchev–Trinajstić information content (AvgIpc) is 2.95. The number of amides is 3. The van der Waals surface area contributed by atoms with Gasteiger partial charge in [0.2, 0.25) is 5.91 Å². The van der Waals surface area contributed by atoms with E-state index in [1.807, 2.05) is 39.0 Å². The Hall–Kier alpha value is -2.83. The summed E-state index contributed by atoms with van der Waals surface area (Å²) in [5.74, 6) is 0.589. The van der Waals surface area contributed by atoms with Crippen LogP contribution in [0.4, 0.5) is 10.5 Å². The zero-order valence-electron chi connectivity index (χ0n) is 14.7. The van der Waals surface area contributed by atoms with Crippen molar-refractivity contribution in [3.8, 4) is 11.1 Å². The molecule has 0 spiro atoms. The molecule has 3 rings (SSSR count). The van der Waals surface area contributed by atoms with E-state index in [1.165, 1.54) is 0 Å². The zero-order chi connectivity index (χ0) is 18.0. The van der Waals surface area contributed by atoms with Crippen LogP contribution in [0, 0.1) is 6.92 Å². The number of hydrogen-bond acceptors (Lipinski definition) is 4. The molecular formula is C18H22N4O3. The number of rotatable bonds is 5. The molecule has 0 radical (unpaired) electrons. The molecule has 25 heavy (non-hydrogen) atoms. The molecule has 7 heteroatoms. The van der Waals surface area contributed by atoms with Gasteiger partial charge in [0.15, 0.2) is 0 Å². The second-order valence-corrected chi connectivity index (χ2v) is 5.94. The van der Waals surface area contributed by atoms with Crippen molar-refractivity contribution >= 4 is 17.6 Å². The third-order valence-electron chi connectivity index (χ3n) is 4.29. The standard InChI is InChI=1S/C18H22N4O3/c1-4-19-16(23)9-14-17(11(3)25-21-14)12-6-7-15-13(8-12)10-20-18(24)22(15)5-2/h6-8H,4-5,9-10H2,1-3H3,(H,19,23)(H,20,24). The number of likely N-dealkylation sites (N-methyl/N-ethyl adjacent to an activating group) is 1. The third-order valence-corrected chi connectivity index (χ3v) is 4.29. The molecule has 0 unspecified atom stereocenters. The van der Waals surface area contributed by atoms with Crippen molar-refractivity contribution in [2.24, 2.45) is 0 Å². The summed E-state index contributed by atoms with van der Waals surface area (Å²) in [5.41, 5.74) is 4.34. The average molecular weight is 342 g/mol. The summed E-state index contributed by atoms with van der Waals surface area (Å²) >= 11 is 0. The van der Waals surface area contributed by atoms with Crippen LogP contribution in [0.2, 0.25) is 0 Å². The normalized spacial score (nSPS) is 13.4. The Morgan fingerprint density at radius 2 is 2.20 bits per heavy atom. The van der Waals surface area contributed by atoms with Gasteiger partial charge in [0.05, 0.1) is 12.1 Å². The number of anilines is 1. The molecular weight excluding hydrogens is 320 g/mol. The fraction of sp³-hybridized carbons (Fsp3) is 0.389. The van der Waals surface area contributed by atoms with Crippen molar-refractivity contribution < 1.29 is 14.1 Å². The Labute approximate surface area is 146 Å². The molecule has 0 bridgehead atoms. The number of carbonyl (C=O) groups is 2. The number of aromatic nitrogens is 1. The van der Waals surface area contributed by atoms with E-state index < -0.39 is 0 Å². The Morgan fingerprint density at radius 3 is 2.92 bits per heavy atom. The molecule has 132 valence electrons. The van der Waals surface area contributed by atoms with Gasteiger partial charge in [-0.15, -0.1) is 0 Å². The van der Waals surface area contributed by atoms with E-state index in [-0.39, 0.29) is 18.4 Å². The van der Waals surface area contributed by atoms with E-state index in [0.717, 1.165) is 22.4 Å². The van der Waals surface area contributed by atoms with E-state index in [2.05, 4.69) is 15.8 Å². The van der Waals surface area contributed by atoms with Crippen LogP contribution in [0.5, 0.6) is 0 Å². The highest BCUT2D eigenvalue weighted by atomic mass is 16.5. The summed E-state index contributed by atoms with van der Waals surface area (Å²) in [6, 6.07) is 5.83. The maximum Gasteiger partial charge on any atom is 0.322 e. The first kappa shape index (κ1) is 17.0. The van der Waals surface area contributed by atoms with Gasteiger partial charge in [-0.3, -0.25) is 9.69 Å². The van der Waals surface area contributed by atoms with Gasteiger partial charge in [0, 0.05) is 25.2 Å². The molecule has 1 aliphatic rings. The SMILES string of the molecule is CCNC(=O)Cc1noc(C)c1-c1ccc2c(c1)CNC(=O)N2CC. The molecule has 0 fully saturated rings. The number of nitrogens with one attached hydrogen (secondary N) is 2. The number of nitrogens with zero attached hydrogens (tertiary/aromatic N) is 2. The fourth-order valence-electron chi connectivity index (χ4n) is 3.16. The summed E-state index contributed by atoms with van der Waals surface area (Å²) in [4.78, 5) is 25.6. The molecule has 1 aliphatic heterocycles. The molecule has 1 aromatic carbocycles. The molecule has 2 heterocycles. The van der Waals surface area contributed by atoms with Crippen LogP contribution in [0.15, 0.2) is 22.7 Å². The summed E-state index contributed by atoms with van der Waals surface area (Å²) in [6.45, 7) is 7.32. The number of fused-ring (bicyclic) bond motifs is 1.